The topological polar surface area (TPSA) is 9.86 Å². The highest BCUT2D eigenvalue weighted by Crippen LogP contribution is 2.47. The molecule has 2 heteroatoms. The van der Waals surface area contributed by atoms with Gasteiger partial charge in [-0.25, -0.2) is 0 Å². The second-order valence-corrected chi connectivity index (χ2v) is 12.8. The van der Waals surface area contributed by atoms with Crippen LogP contribution in [0.15, 0.2) is 170 Å². The van der Waals surface area contributed by atoms with Crippen LogP contribution in [0.25, 0.3) is 98.1 Å². The number of hydrogen-bond donors (Lipinski definition) is 0. The van der Waals surface area contributed by atoms with E-state index in [9.17, 15) is 0 Å². The number of benzene rings is 9. The van der Waals surface area contributed by atoms with Crippen LogP contribution in [-0.4, -0.2) is 9.13 Å². The summed E-state index contributed by atoms with van der Waals surface area (Å²) >= 11 is 0. The molecule has 0 aliphatic heterocycles. The van der Waals surface area contributed by atoms with Crippen LogP contribution in [0.3, 0.4) is 0 Å². The Labute approximate surface area is 276 Å². The Morgan fingerprint density at radius 3 is 1.12 bits per heavy atom. The van der Waals surface area contributed by atoms with Crippen LogP contribution in [-0.2, 0) is 0 Å². The van der Waals surface area contributed by atoms with Crippen molar-refractivity contribution >= 4 is 86.7 Å². The maximum atomic E-state index is 2.49. The van der Waals surface area contributed by atoms with Gasteiger partial charge in [-0.3, -0.25) is 0 Å². The van der Waals surface area contributed by atoms with Crippen LogP contribution in [0.5, 0.6) is 0 Å². The minimum absolute atomic E-state index is 1.15. The average Bonchev–Trinajstić information content (AvgIpc) is 3.68. The van der Waals surface area contributed by atoms with Gasteiger partial charge in [-0.15, -0.1) is 0 Å². The number of nitrogens with zero attached hydrogens (tertiary/aromatic N) is 2. The zero-order valence-corrected chi connectivity index (χ0v) is 26.1. The van der Waals surface area contributed by atoms with Crippen LogP contribution in [0.2, 0.25) is 0 Å². The van der Waals surface area contributed by atoms with E-state index in [-0.39, 0.29) is 0 Å². The standard InChI is InChI=1S/C46H28N2/c1-3-17-35-31(13-1)32-14-2-4-18-36(32)44-43(35)37-19-5-6-20-38(37)46-45(44)39-21-9-12-24-42(39)48(46)30-27-25-29(26-28-30)47-40-22-10-7-15-33(40)34-16-8-11-23-41(34)47/h1-28H. The summed E-state index contributed by atoms with van der Waals surface area (Å²) in [4.78, 5) is 0. The van der Waals surface area contributed by atoms with E-state index in [2.05, 4.69) is 179 Å². The first kappa shape index (κ1) is 25.8. The molecule has 2 nitrogen and oxygen atoms in total. The van der Waals surface area contributed by atoms with E-state index in [1.54, 1.807) is 0 Å². The van der Waals surface area contributed by atoms with Gasteiger partial charge in [0.1, 0.15) is 0 Å². The molecule has 0 amide bonds. The third kappa shape index (κ3) is 3.31. The largest absolute Gasteiger partial charge is 0.309 e. The Morgan fingerprint density at radius 1 is 0.229 bits per heavy atom. The summed E-state index contributed by atoms with van der Waals surface area (Å²) in [5.74, 6) is 0. The predicted octanol–water partition coefficient (Wildman–Crippen LogP) is 12.5. The first-order valence-electron chi connectivity index (χ1n) is 16.6. The van der Waals surface area contributed by atoms with Crippen molar-refractivity contribution in [3.63, 3.8) is 0 Å². The second-order valence-electron chi connectivity index (χ2n) is 12.8. The van der Waals surface area contributed by atoms with Gasteiger partial charge in [0.2, 0.25) is 0 Å². The normalized spacial score (nSPS) is 12.2. The summed E-state index contributed by atoms with van der Waals surface area (Å²) in [5, 5.41) is 15.5. The Kier molecular flexibility index (Phi) is 5.14. The van der Waals surface area contributed by atoms with Gasteiger partial charge in [-0.2, -0.15) is 0 Å². The zero-order valence-electron chi connectivity index (χ0n) is 26.1. The Balaban J connectivity index is 1.28. The molecular formula is C46H28N2. The Morgan fingerprint density at radius 2 is 0.583 bits per heavy atom. The van der Waals surface area contributed by atoms with Gasteiger partial charge in [-0.05, 0) is 74.8 Å². The monoisotopic (exact) mass is 608 g/mol. The average molecular weight is 609 g/mol. The molecule has 9 aromatic carbocycles. The molecular weight excluding hydrogens is 581 g/mol. The molecule has 0 aliphatic carbocycles. The Hall–Kier alpha value is -6.38. The molecule has 0 unspecified atom stereocenters. The van der Waals surface area contributed by atoms with Gasteiger partial charge in [0, 0.05) is 43.7 Å². The van der Waals surface area contributed by atoms with Crippen molar-refractivity contribution in [2.75, 3.05) is 0 Å². The lowest BCUT2D eigenvalue weighted by Crippen LogP contribution is -1.98. The molecule has 2 aromatic heterocycles. The molecule has 222 valence electrons. The quantitative estimate of drug-likeness (QED) is 0.173. The molecule has 0 spiro atoms. The predicted molar refractivity (Wildman–Crippen MR) is 205 cm³/mol. The number of hydrogen-bond acceptors (Lipinski definition) is 0. The van der Waals surface area contributed by atoms with Crippen molar-refractivity contribution in [3.8, 4) is 11.4 Å². The first-order chi connectivity index (χ1) is 23.9. The SMILES string of the molecule is c1ccc2c(c1)c1ccccc1c1c2c2ccccc2c2c1c1ccccc1n2-c1ccc(-n2c3ccccc3c3ccccc32)cc1. The van der Waals surface area contributed by atoms with Gasteiger partial charge < -0.3 is 9.13 Å². The van der Waals surface area contributed by atoms with E-state index in [1.165, 1.54) is 86.7 Å². The van der Waals surface area contributed by atoms with E-state index in [1.807, 2.05) is 0 Å². The summed E-state index contributed by atoms with van der Waals surface area (Å²) in [6.45, 7) is 0. The fourth-order valence-corrected chi connectivity index (χ4v) is 8.56. The summed E-state index contributed by atoms with van der Waals surface area (Å²) in [6.07, 6.45) is 0. The van der Waals surface area contributed by atoms with Crippen molar-refractivity contribution in [1.29, 1.82) is 0 Å². The van der Waals surface area contributed by atoms with Gasteiger partial charge >= 0.3 is 0 Å². The summed E-state index contributed by atoms with van der Waals surface area (Å²) < 4.78 is 4.88. The fraction of sp³-hybridized carbons (Fsp3) is 0. The molecule has 0 saturated carbocycles. The second kappa shape index (κ2) is 9.57. The smallest absolute Gasteiger partial charge is 0.0626 e. The van der Waals surface area contributed by atoms with E-state index >= 15 is 0 Å². The van der Waals surface area contributed by atoms with Crippen molar-refractivity contribution in [2.45, 2.75) is 0 Å². The molecule has 48 heavy (non-hydrogen) atoms. The Bertz CT molecular complexity index is 3050. The molecule has 0 atom stereocenters. The highest BCUT2D eigenvalue weighted by molar-refractivity contribution is 6.42. The highest BCUT2D eigenvalue weighted by atomic mass is 15.0. The summed E-state index contributed by atoms with van der Waals surface area (Å²) in [5.41, 5.74) is 7.22. The molecule has 0 bridgehead atoms. The molecule has 0 aliphatic rings. The lowest BCUT2D eigenvalue weighted by atomic mass is 9.88. The third-order valence-electron chi connectivity index (χ3n) is 10.5. The van der Waals surface area contributed by atoms with Gasteiger partial charge in [0.15, 0.2) is 0 Å². The fourth-order valence-electron chi connectivity index (χ4n) is 8.56. The van der Waals surface area contributed by atoms with Crippen LogP contribution < -0.4 is 0 Å². The maximum absolute atomic E-state index is 2.49. The van der Waals surface area contributed by atoms with Gasteiger partial charge in [0.25, 0.3) is 0 Å². The van der Waals surface area contributed by atoms with Crippen molar-refractivity contribution in [2.24, 2.45) is 0 Å². The number of rotatable bonds is 2. The molecule has 0 N–H and O–H groups in total. The molecule has 0 fully saturated rings. The molecule has 11 rings (SSSR count). The van der Waals surface area contributed by atoms with Crippen LogP contribution >= 0.6 is 0 Å². The summed E-state index contributed by atoms with van der Waals surface area (Å²) in [6, 6.07) is 62.4. The summed E-state index contributed by atoms with van der Waals surface area (Å²) in [7, 11) is 0. The van der Waals surface area contributed by atoms with Gasteiger partial charge in [-0.1, -0.05) is 127 Å². The van der Waals surface area contributed by atoms with E-state index in [4.69, 9.17) is 0 Å². The van der Waals surface area contributed by atoms with Crippen LogP contribution in [0.4, 0.5) is 0 Å². The lowest BCUT2D eigenvalue weighted by molar-refractivity contribution is 1.15. The number of fused-ring (bicyclic) bond motifs is 16. The number of aromatic nitrogens is 2. The van der Waals surface area contributed by atoms with E-state index < -0.39 is 0 Å². The van der Waals surface area contributed by atoms with E-state index in [0.29, 0.717) is 0 Å². The van der Waals surface area contributed by atoms with Crippen molar-refractivity contribution < 1.29 is 0 Å². The van der Waals surface area contributed by atoms with E-state index in [0.717, 1.165) is 11.4 Å². The molecule has 11 aromatic rings. The third-order valence-corrected chi connectivity index (χ3v) is 10.5. The van der Waals surface area contributed by atoms with Crippen molar-refractivity contribution in [3.05, 3.63) is 170 Å². The van der Waals surface area contributed by atoms with Gasteiger partial charge in [0.05, 0.1) is 22.1 Å². The number of para-hydroxylation sites is 3. The first-order valence-corrected chi connectivity index (χ1v) is 16.6. The van der Waals surface area contributed by atoms with Crippen LogP contribution in [0, 0.1) is 0 Å². The zero-order chi connectivity index (χ0) is 31.3. The maximum Gasteiger partial charge on any atom is 0.0626 e. The lowest BCUT2D eigenvalue weighted by Gasteiger charge is -2.16. The minimum atomic E-state index is 1.15. The minimum Gasteiger partial charge on any atom is -0.309 e. The van der Waals surface area contributed by atoms with Crippen molar-refractivity contribution in [1.82, 2.24) is 9.13 Å². The highest BCUT2D eigenvalue weighted by Gasteiger charge is 2.22. The van der Waals surface area contributed by atoms with Crippen LogP contribution in [0.1, 0.15) is 0 Å². The molecule has 2 heterocycles. The molecule has 0 radical (unpaired) electrons. The molecule has 0 saturated heterocycles.